The summed E-state index contributed by atoms with van der Waals surface area (Å²) >= 11 is 0. The van der Waals surface area contributed by atoms with Gasteiger partial charge >= 0.3 is 12.4 Å². The molecule has 0 saturated carbocycles. The van der Waals surface area contributed by atoms with Crippen LogP contribution in [0.2, 0.25) is 0 Å². The molecule has 0 atom stereocenters. The van der Waals surface area contributed by atoms with Gasteiger partial charge in [-0.25, -0.2) is 9.36 Å². The minimum atomic E-state index is -5.70. The molecule has 9 nitrogen and oxygen atoms in total. The molecule has 0 amide bonds. The lowest BCUT2D eigenvalue weighted by atomic mass is 9.79. The van der Waals surface area contributed by atoms with Crippen molar-refractivity contribution < 1.29 is 41.0 Å². The Labute approximate surface area is 189 Å². The van der Waals surface area contributed by atoms with Crippen LogP contribution >= 0.6 is 0 Å². The molecule has 0 bridgehead atoms. The number of aldehydes is 1. The van der Waals surface area contributed by atoms with Crippen molar-refractivity contribution in [1.29, 1.82) is 0 Å². The highest BCUT2D eigenvalue weighted by atomic mass is 19.4. The molecule has 2 aromatic rings. The fourth-order valence-electron chi connectivity index (χ4n) is 3.39. The third-order valence-electron chi connectivity index (χ3n) is 5.26. The Bertz CT molecular complexity index is 991. The molecule has 0 aromatic carbocycles. The van der Waals surface area contributed by atoms with Crippen LogP contribution in [-0.2, 0) is 0 Å². The van der Waals surface area contributed by atoms with Crippen LogP contribution in [-0.4, -0.2) is 81.1 Å². The van der Waals surface area contributed by atoms with E-state index in [1.54, 1.807) is 30.3 Å². The number of nitrogens with two attached hydrogens (primary N) is 1. The predicted octanol–water partition coefficient (Wildman–Crippen LogP) is 2.12. The van der Waals surface area contributed by atoms with Gasteiger partial charge in [-0.15, -0.1) is 0 Å². The minimum Gasteiger partial charge on any atom is -0.388 e. The van der Waals surface area contributed by atoms with Crippen molar-refractivity contribution >= 4 is 18.5 Å². The van der Waals surface area contributed by atoms with Crippen molar-refractivity contribution in [2.75, 3.05) is 20.1 Å². The van der Waals surface area contributed by atoms with Gasteiger partial charge in [-0.05, 0) is 45.1 Å². The molecule has 0 radical (unpaired) electrons. The molecule has 0 aliphatic carbocycles. The second-order valence-corrected chi connectivity index (χ2v) is 7.48. The number of halogens is 6. The van der Waals surface area contributed by atoms with Gasteiger partial charge in [0.25, 0.3) is 11.5 Å². The van der Waals surface area contributed by atoms with E-state index < -0.39 is 29.8 Å². The van der Waals surface area contributed by atoms with Crippen LogP contribution in [0.15, 0.2) is 35.8 Å². The summed E-state index contributed by atoms with van der Waals surface area (Å²) in [5, 5.41) is 16.7. The van der Waals surface area contributed by atoms with E-state index in [0.717, 1.165) is 11.0 Å². The van der Waals surface area contributed by atoms with E-state index in [0.29, 0.717) is 17.5 Å². The number of aromatic nitrogens is 3. The van der Waals surface area contributed by atoms with Gasteiger partial charge in [0.05, 0.1) is 11.8 Å². The summed E-state index contributed by atoms with van der Waals surface area (Å²) in [6.45, 7) is 0.221. The number of hydrogen-bond acceptors (Lipinski definition) is 6. The first-order chi connectivity index (χ1) is 15.8. The number of carbonyl (C=O) groups excluding carboxylic acids is 2. The average Bonchev–Trinajstić information content (AvgIpc) is 3.42. The second kappa shape index (κ2) is 10.4. The van der Waals surface area contributed by atoms with Gasteiger partial charge in [0.15, 0.2) is 6.29 Å². The maximum Gasteiger partial charge on any atom is 0.426 e. The molecule has 188 valence electrons. The van der Waals surface area contributed by atoms with Gasteiger partial charge < -0.3 is 15.7 Å². The number of alkyl halides is 6. The SMILES string of the molecule is CN1CCC(C(O)(C(F)(F)F)C(F)(F)F)CC1.N/C=N\n1cccc1C(=O)n1cc(C=O)cn1. The van der Waals surface area contributed by atoms with Crippen molar-refractivity contribution in [2.24, 2.45) is 16.8 Å². The third-order valence-corrected chi connectivity index (χ3v) is 5.26. The summed E-state index contributed by atoms with van der Waals surface area (Å²) in [7, 11) is 1.61. The first-order valence-corrected chi connectivity index (χ1v) is 9.77. The third kappa shape index (κ3) is 5.64. The number of carbonyl (C=O) groups is 2. The maximum absolute atomic E-state index is 12.5. The highest BCUT2D eigenvalue weighted by molar-refractivity contribution is 5.94. The van der Waals surface area contributed by atoms with E-state index in [9.17, 15) is 35.9 Å². The Morgan fingerprint density at radius 2 is 1.79 bits per heavy atom. The molecule has 15 heteroatoms. The van der Waals surface area contributed by atoms with Gasteiger partial charge in [0, 0.05) is 18.3 Å². The van der Waals surface area contributed by atoms with Gasteiger partial charge in [-0.1, -0.05) is 0 Å². The Balaban J connectivity index is 0.000000240. The maximum atomic E-state index is 12.5. The molecule has 1 saturated heterocycles. The molecule has 3 N–H and O–H groups in total. The predicted molar refractivity (Wildman–Crippen MR) is 107 cm³/mol. The Morgan fingerprint density at radius 3 is 2.26 bits per heavy atom. The van der Waals surface area contributed by atoms with Crippen LogP contribution in [0.1, 0.15) is 33.7 Å². The normalized spacial score (nSPS) is 16.4. The summed E-state index contributed by atoms with van der Waals surface area (Å²) in [6.07, 6.45) is -6.12. The molecular weight excluding hydrogens is 474 g/mol. The molecule has 0 spiro atoms. The molecule has 1 aliphatic heterocycles. The van der Waals surface area contributed by atoms with Crippen molar-refractivity contribution in [2.45, 2.75) is 30.8 Å². The van der Waals surface area contributed by atoms with Crippen molar-refractivity contribution in [3.05, 3.63) is 42.0 Å². The van der Waals surface area contributed by atoms with E-state index in [1.165, 1.54) is 17.1 Å². The Hall–Kier alpha value is -3.20. The highest BCUT2D eigenvalue weighted by Crippen LogP contribution is 2.50. The number of likely N-dealkylation sites (tertiary alicyclic amines) is 1. The van der Waals surface area contributed by atoms with Gasteiger partial charge in [-0.2, -0.15) is 36.5 Å². The van der Waals surface area contributed by atoms with Gasteiger partial charge in [0.1, 0.15) is 12.0 Å². The summed E-state index contributed by atoms with van der Waals surface area (Å²) in [6, 6.07) is 3.24. The minimum absolute atomic E-state index is 0.110. The summed E-state index contributed by atoms with van der Waals surface area (Å²) in [4.78, 5) is 24.1. The van der Waals surface area contributed by atoms with Gasteiger partial charge in [0.2, 0.25) is 0 Å². The first kappa shape index (κ1) is 27.0. The van der Waals surface area contributed by atoms with Crippen LogP contribution in [0.5, 0.6) is 0 Å². The van der Waals surface area contributed by atoms with E-state index in [2.05, 4.69) is 10.2 Å². The molecule has 1 aliphatic rings. The fourth-order valence-corrected chi connectivity index (χ4v) is 3.39. The van der Waals surface area contributed by atoms with Crippen molar-refractivity contribution in [3.8, 4) is 0 Å². The van der Waals surface area contributed by atoms with Gasteiger partial charge in [-0.3, -0.25) is 9.59 Å². The lowest BCUT2D eigenvalue weighted by Gasteiger charge is -2.42. The van der Waals surface area contributed by atoms with Crippen LogP contribution < -0.4 is 5.73 Å². The zero-order valence-electron chi connectivity index (χ0n) is 17.8. The molecular formula is C19H22F6N6O3. The molecule has 34 heavy (non-hydrogen) atoms. The Kier molecular flexibility index (Phi) is 8.26. The smallest absolute Gasteiger partial charge is 0.388 e. The molecule has 1 fully saturated rings. The topological polar surface area (TPSA) is 119 Å². The quantitative estimate of drug-likeness (QED) is 0.290. The standard InChI is InChI=1S/C10H9N5O2.C9H13F6NO/c11-7-13-14-3-1-2-9(14)10(17)15-5-8(6-16)4-12-15;1-16-4-2-6(3-5-16)7(17,8(10,11)12)9(13,14)15/h1-7H,(H2,11,13);6,17H,2-5H2,1H3. The lowest BCUT2D eigenvalue weighted by molar-refractivity contribution is -0.387. The zero-order valence-corrected chi connectivity index (χ0v) is 17.8. The van der Waals surface area contributed by atoms with E-state index in [1.807, 2.05) is 0 Å². The molecule has 3 rings (SSSR count). The zero-order chi connectivity index (χ0) is 25.7. The van der Waals surface area contributed by atoms with Crippen LogP contribution in [0.4, 0.5) is 26.3 Å². The summed E-state index contributed by atoms with van der Waals surface area (Å²) in [5.74, 6) is -2.23. The van der Waals surface area contributed by atoms with Crippen LogP contribution in [0.3, 0.4) is 0 Å². The molecule has 0 unspecified atom stereocenters. The van der Waals surface area contributed by atoms with E-state index in [-0.39, 0.29) is 25.9 Å². The largest absolute Gasteiger partial charge is 0.426 e. The fraction of sp³-hybridized carbons (Fsp3) is 0.474. The Morgan fingerprint density at radius 1 is 1.21 bits per heavy atom. The number of hydrogen-bond donors (Lipinski definition) is 2. The molecule has 3 heterocycles. The van der Waals surface area contributed by atoms with E-state index in [4.69, 9.17) is 10.8 Å². The van der Waals surface area contributed by atoms with Crippen molar-refractivity contribution in [3.63, 3.8) is 0 Å². The van der Waals surface area contributed by atoms with E-state index >= 15 is 0 Å². The monoisotopic (exact) mass is 496 g/mol. The number of rotatable bonds is 4. The van der Waals surface area contributed by atoms with Crippen LogP contribution in [0, 0.1) is 5.92 Å². The second-order valence-electron chi connectivity index (χ2n) is 7.48. The average molecular weight is 496 g/mol. The summed E-state index contributed by atoms with van der Waals surface area (Å²) < 4.78 is 77.4. The molecule has 2 aromatic heterocycles. The number of piperidine rings is 1. The highest BCUT2D eigenvalue weighted by Gasteiger charge is 2.73. The van der Waals surface area contributed by atoms with Crippen LogP contribution in [0.25, 0.3) is 0 Å². The number of aliphatic hydroxyl groups is 1. The lowest BCUT2D eigenvalue weighted by Crippen LogP contribution is -2.63. The summed E-state index contributed by atoms with van der Waals surface area (Å²) in [5.41, 5.74) is 1.20. The number of nitrogens with zero attached hydrogens (tertiary/aromatic N) is 5. The van der Waals surface area contributed by atoms with Crippen molar-refractivity contribution in [1.82, 2.24) is 19.4 Å². The first-order valence-electron chi connectivity index (χ1n) is 9.77.